The average molecular weight is 476 g/mol. The van der Waals surface area contributed by atoms with E-state index < -0.39 is 0 Å². The van der Waals surface area contributed by atoms with Gasteiger partial charge in [-0.2, -0.15) is 15.5 Å². The standard InChI is InChI=1S/C25H26FN7S/c1-16-21(14-31-33(16)20-6-8-25(2,28-3)9-7-20)17-10-22(34-23-5-4-19(26)13-29-23)24-18(11-27)12-30-32(24)15-17/h4-5,10,12-15,20,28H,6-9H2,1-3H3. The van der Waals surface area contributed by atoms with Gasteiger partial charge in [0.2, 0.25) is 0 Å². The molecule has 1 N–H and O–H groups in total. The first-order chi connectivity index (χ1) is 16.4. The molecule has 4 aromatic rings. The third-order valence-electron chi connectivity index (χ3n) is 6.98. The minimum atomic E-state index is -0.383. The van der Waals surface area contributed by atoms with Gasteiger partial charge < -0.3 is 5.32 Å². The van der Waals surface area contributed by atoms with Crippen molar-refractivity contribution in [2.75, 3.05) is 7.05 Å². The van der Waals surface area contributed by atoms with Gasteiger partial charge in [-0.05, 0) is 64.8 Å². The summed E-state index contributed by atoms with van der Waals surface area (Å²) in [6, 6.07) is 7.66. The summed E-state index contributed by atoms with van der Waals surface area (Å²) < 4.78 is 17.2. The molecular formula is C25H26FN7S. The first-order valence-electron chi connectivity index (χ1n) is 11.3. The summed E-state index contributed by atoms with van der Waals surface area (Å²) in [6.07, 6.45) is 11.0. The number of halogens is 1. The molecule has 1 saturated carbocycles. The minimum Gasteiger partial charge on any atom is -0.315 e. The van der Waals surface area contributed by atoms with E-state index in [1.54, 1.807) is 16.8 Å². The van der Waals surface area contributed by atoms with Crippen LogP contribution in [0.2, 0.25) is 0 Å². The highest BCUT2D eigenvalue weighted by Crippen LogP contribution is 2.38. The Hall–Kier alpha value is -3.22. The normalized spacial score (nSPS) is 20.5. The molecule has 1 aliphatic carbocycles. The molecule has 174 valence electrons. The van der Waals surface area contributed by atoms with Crippen molar-refractivity contribution in [3.05, 3.63) is 60.1 Å². The SMILES string of the molecule is CNC1(C)CCC(n2ncc(-c3cc(Sc4ccc(F)cn4)c4c(C#N)cnn4c3)c2C)CC1. The van der Waals surface area contributed by atoms with Gasteiger partial charge in [-0.15, -0.1) is 0 Å². The summed E-state index contributed by atoms with van der Waals surface area (Å²) in [5.74, 6) is -0.383. The molecule has 9 heteroatoms. The predicted octanol–water partition coefficient (Wildman–Crippen LogP) is 5.16. The number of nitrogens with one attached hydrogen (secondary N) is 1. The molecule has 0 amide bonds. The number of rotatable bonds is 5. The van der Waals surface area contributed by atoms with E-state index in [2.05, 4.69) is 40.0 Å². The Balaban J connectivity index is 1.52. The topological polar surface area (TPSA) is 83.8 Å². The fraction of sp³-hybridized carbons (Fsp3) is 0.360. The van der Waals surface area contributed by atoms with E-state index in [4.69, 9.17) is 5.10 Å². The van der Waals surface area contributed by atoms with Crippen LogP contribution in [0.15, 0.2) is 52.9 Å². The maximum Gasteiger partial charge on any atom is 0.141 e. The highest BCUT2D eigenvalue weighted by molar-refractivity contribution is 7.99. The number of nitriles is 1. The molecular weight excluding hydrogens is 449 g/mol. The molecule has 0 saturated heterocycles. The van der Waals surface area contributed by atoms with E-state index in [-0.39, 0.29) is 11.4 Å². The van der Waals surface area contributed by atoms with Crippen LogP contribution in [0, 0.1) is 24.1 Å². The van der Waals surface area contributed by atoms with Crippen LogP contribution in [-0.4, -0.2) is 37.0 Å². The van der Waals surface area contributed by atoms with Gasteiger partial charge in [0, 0.05) is 33.5 Å². The Morgan fingerprint density at radius 1 is 1.21 bits per heavy atom. The number of nitrogens with zero attached hydrogens (tertiary/aromatic N) is 6. The van der Waals surface area contributed by atoms with Crippen molar-refractivity contribution in [1.82, 2.24) is 29.7 Å². The summed E-state index contributed by atoms with van der Waals surface area (Å²) in [7, 11) is 2.04. The second kappa shape index (κ2) is 8.85. The zero-order chi connectivity index (χ0) is 23.9. The van der Waals surface area contributed by atoms with E-state index >= 15 is 0 Å². The van der Waals surface area contributed by atoms with Gasteiger partial charge in [0.05, 0.1) is 35.7 Å². The summed E-state index contributed by atoms with van der Waals surface area (Å²) in [6.45, 7) is 4.39. The lowest BCUT2D eigenvalue weighted by molar-refractivity contribution is 0.208. The molecule has 4 aromatic heterocycles. The highest BCUT2D eigenvalue weighted by atomic mass is 32.2. The van der Waals surface area contributed by atoms with Crippen LogP contribution < -0.4 is 5.32 Å². The molecule has 0 aromatic carbocycles. The first-order valence-corrected chi connectivity index (χ1v) is 12.2. The molecule has 0 aliphatic heterocycles. The molecule has 5 rings (SSSR count). The summed E-state index contributed by atoms with van der Waals surface area (Å²) in [5.41, 5.74) is 4.51. The van der Waals surface area contributed by atoms with Gasteiger partial charge in [-0.3, -0.25) is 4.68 Å². The van der Waals surface area contributed by atoms with Gasteiger partial charge in [0.1, 0.15) is 16.9 Å². The van der Waals surface area contributed by atoms with Crippen molar-refractivity contribution in [3.8, 4) is 17.2 Å². The molecule has 34 heavy (non-hydrogen) atoms. The van der Waals surface area contributed by atoms with E-state index in [1.807, 2.05) is 25.5 Å². The maximum absolute atomic E-state index is 13.4. The Bertz CT molecular complexity index is 1380. The summed E-state index contributed by atoms with van der Waals surface area (Å²) in [4.78, 5) is 5.01. The number of hydrogen-bond acceptors (Lipinski definition) is 6. The fourth-order valence-corrected chi connectivity index (χ4v) is 5.69. The minimum absolute atomic E-state index is 0.199. The van der Waals surface area contributed by atoms with Crippen LogP contribution in [0.5, 0.6) is 0 Å². The van der Waals surface area contributed by atoms with Crippen molar-refractivity contribution in [2.45, 2.75) is 61.0 Å². The van der Waals surface area contributed by atoms with E-state index in [0.29, 0.717) is 22.1 Å². The molecule has 0 radical (unpaired) electrons. The van der Waals surface area contributed by atoms with Crippen LogP contribution in [0.25, 0.3) is 16.6 Å². The second-order valence-corrected chi connectivity index (χ2v) is 10.2. The average Bonchev–Trinajstić information content (AvgIpc) is 3.44. The van der Waals surface area contributed by atoms with Gasteiger partial charge in [-0.25, -0.2) is 13.9 Å². The Morgan fingerprint density at radius 2 is 2.00 bits per heavy atom. The molecule has 4 heterocycles. The zero-order valence-corrected chi connectivity index (χ0v) is 20.2. The second-order valence-electron chi connectivity index (χ2n) is 9.10. The van der Waals surface area contributed by atoms with E-state index in [0.717, 1.165) is 47.4 Å². The molecule has 0 bridgehead atoms. The third-order valence-corrected chi connectivity index (χ3v) is 7.96. The van der Waals surface area contributed by atoms with E-state index in [1.165, 1.54) is 24.0 Å². The number of pyridine rings is 2. The van der Waals surface area contributed by atoms with Crippen LogP contribution in [0.4, 0.5) is 4.39 Å². The van der Waals surface area contributed by atoms with Crippen LogP contribution in [-0.2, 0) is 0 Å². The Labute approximate surface area is 202 Å². The predicted molar refractivity (Wildman–Crippen MR) is 129 cm³/mol. The van der Waals surface area contributed by atoms with Gasteiger partial charge in [-0.1, -0.05) is 11.8 Å². The summed E-state index contributed by atoms with van der Waals surface area (Å²) >= 11 is 1.39. The van der Waals surface area contributed by atoms with Gasteiger partial charge in [0.25, 0.3) is 0 Å². The maximum atomic E-state index is 13.4. The smallest absolute Gasteiger partial charge is 0.141 e. The zero-order valence-electron chi connectivity index (χ0n) is 19.4. The van der Waals surface area contributed by atoms with Crippen LogP contribution in [0.3, 0.4) is 0 Å². The van der Waals surface area contributed by atoms with Gasteiger partial charge >= 0.3 is 0 Å². The molecule has 0 unspecified atom stereocenters. The molecule has 0 spiro atoms. The van der Waals surface area contributed by atoms with Crippen molar-refractivity contribution in [3.63, 3.8) is 0 Å². The van der Waals surface area contributed by atoms with Crippen molar-refractivity contribution < 1.29 is 4.39 Å². The highest BCUT2D eigenvalue weighted by Gasteiger charge is 2.31. The number of hydrogen-bond donors (Lipinski definition) is 1. The quantitative estimate of drug-likeness (QED) is 0.429. The fourth-order valence-electron chi connectivity index (χ4n) is 4.74. The molecule has 1 aliphatic rings. The molecule has 0 atom stereocenters. The largest absolute Gasteiger partial charge is 0.315 e. The summed E-state index contributed by atoms with van der Waals surface area (Å²) in [5, 5.41) is 22.9. The first kappa shape index (κ1) is 22.6. The monoisotopic (exact) mass is 475 g/mol. The van der Waals surface area contributed by atoms with Crippen molar-refractivity contribution >= 4 is 17.3 Å². The number of fused-ring (bicyclic) bond motifs is 1. The lowest BCUT2D eigenvalue weighted by Gasteiger charge is -2.37. The van der Waals surface area contributed by atoms with E-state index in [9.17, 15) is 9.65 Å². The van der Waals surface area contributed by atoms with Crippen LogP contribution in [0.1, 0.15) is 49.9 Å². The molecule has 7 nitrogen and oxygen atoms in total. The third kappa shape index (κ3) is 4.08. The lowest BCUT2D eigenvalue weighted by atomic mass is 9.81. The molecule has 1 fully saturated rings. The van der Waals surface area contributed by atoms with Gasteiger partial charge in [0.15, 0.2) is 0 Å². The van der Waals surface area contributed by atoms with Crippen LogP contribution >= 0.6 is 11.8 Å². The Morgan fingerprint density at radius 3 is 2.68 bits per heavy atom. The van der Waals surface area contributed by atoms with Crippen molar-refractivity contribution in [2.24, 2.45) is 0 Å². The lowest BCUT2D eigenvalue weighted by Crippen LogP contribution is -2.43. The Kier molecular flexibility index (Phi) is 5.88. The van der Waals surface area contributed by atoms with Crippen molar-refractivity contribution in [1.29, 1.82) is 5.26 Å². The number of aromatic nitrogens is 5.